The summed E-state index contributed by atoms with van der Waals surface area (Å²) in [6.45, 7) is 5.31. The molecule has 1 unspecified atom stereocenters. The molecule has 0 aliphatic heterocycles. The number of ketones is 1. The van der Waals surface area contributed by atoms with Crippen molar-refractivity contribution in [1.82, 2.24) is 5.32 Å². The lowest BCUT2D eigenvalue weighted by atomic mass is 10.0. The SMILES string of the molecule is COC(=O)C(C)(C)OCCCCCCC(NC(=O)c1ccc(Cl)cc1)C(C)=O. The number of Topliss-reactive ketones (excluding diaryl/α,β-unsaturated/α-hetero) is 1. The minimum absolute atomic E-state index is 0.0644. The predicted molar refractivity (Wildman–Crippen MR) is 109 cm³/mol. The third kappa shape index (κ3) is 8.40. The zero-order chi connectivity index (χ0) is 21.2. The van der Waals surface area contributed by atoms with E-state index in [1.807, 2.05) is 0 Å². The topological polar surface area (TPSA) is 81.7 Å². The molecule has 1 rings (SSSR count). The quantitative estimate of drug-likeness (QED) is 0.416. The standard InChI is InChI=1S/C21H30ClNO5/c1-15(24)18(23-19(25)16-10-12-17(22)13-11-16)9-7-5-6-8-14-28-21(2,3)20(26)27-4/h10-13,18H,5-9,14H2,1-4H3,(H,23,25). The van der Waals surface area contributed by atoms with E-state index in [1.54, 1.807) is 38.1 Å². The van der Waals surface area contributed by atoms with Gasteiger partial charge in [-0.15, -0.1) is 0 Å². The molecule has 0 radical (unpaired) electrons. The molecule has 1 amide bonds. The van der Waals surface area contributed by atoms with Crippen molar-refractivity contribution in [2.45, 2.75) is 64.5 Å². The summed E-state index contributed by atoms with van der Waals surface area (Å²) < 4.78 is 10.3. The summed E-state index contributed by atoms with van der Waals surface area (Å²) in [6, 6.07) is 6.04. The van der Waals surface area contributed by atoms with Gasteiger partial charge in [-0.25, -0.2) is 4.79 Å². The van der Waals surface area contributed by atoms with Crippen molar-refractivity contribution in [2.75, 3.05) is 13.7 Å². The molecule has 0 aliphatic carbocycles. The predicted octanol–water partition coefficient (Wildman–Crippen LogP) is 3.95. The molecule has 1 atom stereocenters. The van der Waals surface area contributed by atoms with Gasteiger partial charge in [-0.2, -0.15) is 0 Å². The van der Waals surface area contributed by atoms with Crippen LogP contribution in [0.25, 0.3) is 0 Å². The highest BCUT2D eigenvalue weighted by molar-refractivity contribution is 6.30. The third-order valence-electron chi connectivity index (χ3n) is 4.43. The second kappa shape index (κ2) is 11.8. The summed E-state index contributed by atoms with van der Waals surface area (Å²) in [4.78, 5) is 35.6. The number of ether oxygens (including phenoxy) is 2. The van der Waals surface area contributed by atoms with Crippen molar-refractivity contribution in [3.05, 3.63) is 34.9 Å². The Morgan fingerprint density at radius 1 is 1.07 bits per heavy atom. The minimum Gasteiger partial charge on any atom is -0.467 e. The van der Waals surface area contributed by atoms with Gasteiger partial charge in [0.15, 0.2) is 11.4 Å². The first kappa shape index (κ1) is 24.1. The number of rotatable bonds is 12. The number of benzene rings is 1. The van der Waals surface area contributed by atoms with Crippen molar-refractivity contribution < 1.29 is 23.9 Å². The molecular weight excluding hydrogens is 382 g/mol. The molecule has 0 aromatic heterocycles. The minimum atomic E-state index is -0.944. The average molecular weight is 412 g/mol. The van der Waals surface area contributed by atoms with Gasteiger partial charge in [0.25, 0.3) is 5.91 Å². The number of hydrogen-bond donors (Lipinski definition) is 1. The molecule has 0 aliphatic rings. The van der Waals surface area contributed by atoms with E-state index in [1.165, 1.54) is 14.0 Å². The van der Waals surface area contributed by atoms with Crippen molar-refractivity contribution in [3.8, 4) is 0 Å². The van der Waals surface area contributed by atoms with E-state index in [9.17, 15) is 14.4 Å². The van der Waals surface area contributed by atoms with Crippen LogP contribution in [0, 0.1) is 0 Å². The Bertz CT molecular complexity index is 657. The van der Waals surface area contributed by atoms with Crippen LogP contribution >= 0.6 is 11.6 Å². The van der Waals surface area contributed by atoms with Gasteiger partial charge in [0.05, 0.1) is 13.2 Å². The number of unbranched alkanes of at least 4 members (excludes halogenated alkanes) is 3. The van der Waals surface area contributed by atoms with Crippen LogP contribution in [-0.2, 0) is 19.1 Å². The zero-order valence-corrected chi connectivity index (χ0v) is 17.8. The summed E-state index contributed by atoms with van der Waals surface area (Å²) in [7, 11) is 1.34. The lowest BCUT2D eigenvalue weighted by Gasteiger charge is -2.22. The molecule has 7 heteroatoms. The highest BCUT2D eigenvalue weighted by Gasteiger charge is 2.29. The van der Waals surface area contributed by atoms with Gasteiger partial charge < -0.3 is 14.8 Å². The normalized spacial score (nSPS) is 12.3. The molecule has 0 saturated heterocycles. The number of carbonyl (C=O) groups excluding carboxylic acids is 3. The molecule has 6 nitrogen and oxygen atoms in total. The fourth-order valence-electron chi connectivity index (χ4n) is 2.66. The fraction of sp³-hybridized carbons (Fsp3) is 0.571. The summed E-state index contributed by atoms with van der Waals surface area (Å²) in [6.07, 6.45) is 4.02. The van der Waals surface area contributed by atoms with Crippen LogP contribution in [0.3, 0.4) is 0 Å². The van der Waals surface area contributed by atoms with E-state index in [0.717, 1.165) is 25.7 Å². The summed E-state index contributed by atoms with van der Waals surface area (Å²) in [5.41, 5.74) is -0.471. The van der Waals surface area contributed by atoms with Gasteiger partial charge in [-0.3, -0.25) is 9.59 Å². The van der Waals surface area contributed by atoms with Crippen molar-refractivity contribution in [1.29, 1.82) is 0 Å². The van der Waals surface area contributed by atoms with E-state index in [2.05, 4.69) is 5.32 Å². The van der Waals surface area contributed by atoms with Crippen LogP contribution < -0.4 is 5.32 Å². The monoisotopic (exact) mass is 411 g/mol. The van der Waals surface area contributed by atoms with Crippen LogP contribution in [0.5, 0.6) is 0 Å². The highest BCUT2D eigenvalue weighted by Crippen LogP contribution is 2.14. The number of hydrogen-bond acceptors (Lipinski definition) is 5. The first-order valence-corrected chi connectivity index (χ1v) is 9.84. The third-order valence-corrected chi connectivity index (χ3v) is 4.68. The second-order valence-electron chi connectivity index (χ2n) is 7.20. The molecule has 0 fully saturated rings. The molecular formula is C21H30ClNO5. The van der Waals surface area contributed by atoms with E-state index < -0.39 is 17.6 Å². The summed E-state index contributed by atoms with van der Waals surface area (Å²) in [5.74, 6) is -0.742. The average Bonchev–Trinajstić information content (AvgIpc) is 2.65. The Labute approximate surface area is 171 Å². The first-order chi connectivity index (χ1) is 13.2. The summed E-state index contributed by atoms with van der Waals surface area (Å²) >= 11 is 5.82. The Balaban J connectivity index is 2.30. The largest absolute Gasteiger partial charge is 0.467 e. The number of carbonyl (C=O) groups is 3. The molecule has 156 valence electrons. The van der Waals surface area contributed by atoms with Crippen LogP contribution in [-0.4, -0.2) is 43.0 Å². The van der Waals surface area contributed by atoms with Crippen molar-refractivity contribution in [2.24, 2.45) is 0 Å². The number of methoxy groups -OCH3 is 1. The van der Waals surface area contributed by atoms with E-state index in [4.69, 9.17) is 21.1 Å². The first-order valence-electron chi connectivity index (χ1n) is 9.46. The molecule has 1 aromatic carbocycles. The van der Waals surface area contributed by atoms with E-state index in [0.29, 0.717) is 23.6 Å². The van der Waals surface area contributed by atoms with Crippen LogP contribution in [0.1, 0.15) is 63.2 Å². The van der Waals surface area contributed by atoms with Gasteiger partial charge in [-0.1, -0.05) is 30.9 Å². The molecule has 1 aromatic rings. The zero-order valence-electron chi connectivity index (χ0n) is 17.0. The maximum atomic E-state index is 12.3. The van der Waals surface area contributed by atoms with E-state index in [-0.39, 0.29) is 11.7 Å². The molecule has 0 spiro atoms. The Morgan fingerprint density at radius 3 is 2.25 bits per heavy atom. The van der Waals surface area contributed by atoms with E-state index >= 15 is 0 Å². The van der Waals surface area contributed by atoms with Gasteiger partial charge in [0.2, 0.25) is 0 Å². The van der Waals surface area contributed by atoms with Crippen LogP contribution in [0.2, 0.25) is 5.02 Å². The Hall–Kier alpha value is -1.92. The molecule has 0 bridgehead atoms. The van der Waals surface area contributed by atoms with Crippen molar-refractivity contribution in [3.63, 3.8) is 0 Å². The van der Waals surface area contributed by atoms with Gasteiger partial charge >= 0.3 is 5.97 Å². The van der Waals surface area contributed by atoms with Crippen LogP contribution in [0.15, 0.2) is 24.3 Å². The number of esters is 1. The van der Waals surface area contributed by atoms with Gasteiger partial charge in [0.1, 0.15) is 0 Å². The van der Waals surface area contributed by atoms with Crippen molar-refractivity contribution >= 4 is 29.3 Å². The molecule has 28 heavy (non-hydrogen) atoms. The highest BCUT2D eigenvalue weighted by atomic mass is 35.5. The second-order valence-corrected chi connectivity index (χ2v) is 7.63. The lowest BCUT2D eigenvalue weighted by molar-refractivity contribution is -0.165. The van der Waals surface area contributed by atoms with Crippen LogP contribution in [0.4, 0.5) is 0 Å². The smallest absolute Gasteiger partial charge is 0.337 e. The Kier molecular flexibility index (Phi) is 10.2. The maximum absolute atomic E-state index is 12.3. The Morgan fingerprint density at radius 2 is 1.68 bits per heavy atom. The fourth-order valence-corrected chi connectivity index (χ4v) is 2.78. The van der Waals surface area contributed by atoms with Gasteiger partial charge in [0, 0.05) is 17.2 Å². The molecule has 1 N–H and O–H groups in total. The number of amides is 1. The van der Waals surface area contributed by atoms with Gasteiger partial charge in [-0.05, 0) is 57.9 Å². The lowest BCUT2D eigenvalue weighted by Crippen LogP contribution is -2.39. The number of nitrogens with one attached hydrogen (secondary N) is 1. The molecule has 0 heterocycles. The maximum Gasteiger partial charge on any atom is 0.337 e. The number of halogens is 1. The molecule has 0 saturated carbocycles. The summed E-state index contributed by atoms with van der Waals surface area (Å²) in [5, 5.41) is 3.34.